The van der Waals surface area contributed by atoms with Gasteiger partial charge in [0.05, 0.1) is 22.8 Å². The number of hydrogen-bond acceptors (Lipinski definition) is 6. The van der Waals surface area contributed by atoms with E-state index < -0.39 is 0 Å². The lowest BCUT2D eigenvalue weighted by atomic mass is 10.1. The lowest BCUT2D eigenvalue weighted by Crippen LogP contribution is -2.23. The molecule has 4 aromatic rings. The van der Waals surface area contributed by atoms with Crippen LogP contribution < -0.4 is 0 Å². The molecule has 4 heterocycles. The van der Waals surface area contributed by atoms with Crippen molar-refractivity contribution in [3.8, 4) is 0 Å². The second-order valence-electron chi connectivity index (χ2n) is 9.06. The predicted molar refractivity (Wildman–Crippen MR) is 144 cm³/mol. The van der Waals surface area contributed by atoms with Gasteiger partial charge >= 0.3 is 0 Å². The van der Waals surface area contributed by atoms with Gasteiger partial charge in [0.25, 0.3) is 0 Å². The van der Waals surface area contributed by atoms with Crippen molar-refractivity contribution in [3.63, 3.8) is 0 Å². The highest BCUT2D eigenvalue weighted by Crippen LogP contribution is 2.12. The molecule has 0 unspecified atom stereocenters. The first kappa shape index (κ1) is 25.6. The van der Waals surface area contributed by atoms with Gasteiger partial charge in [-0.1, -0.05) is 38.1 Å². The van der Waals surface area contributed by atoms with E-state index in [1.165, 1.54) is 11.1 Å². The molecule has 0 aliphatic heterocycles. The van der Waals surface area contributed by atoms with E-state index in [9.17, 15) is 0 Å². The van der Waals surface area contributed by atoms with E-state index in [4.69, 9.17) is 9.97 Å². The molecule has 36 heavy (non-hydrogen) atoms. The van der Waals surface area contributed by atoms with Crippen LogP contribution >= 0.6 is 0 Å². The smallest absolute Gasteiger partial charge is 0.0544 e. The van der Waals surface area contributed by atoms with Crippen molar-refractivity contribution in [2.24, 2.45) is 0 Å². The van der Waals surface area contributed by atoms with Gasteiger partial charge in [-0.15, -0.1) is 0 Å². The van der Waals surface area contributed by atoms with E-state index in [0.717, 1.165) is 74.9 Å². The lowest BCUT2D eigenvalue weighted by molar-refractivity contribution is 0.265. The van der Waals surface area contributed by atoms with Crippen LogP contribution in [0.5, 0.6) is 0 Å². The Morgan fingerprint density at radius 3 is 1.22 bits per heavy atom. The van der Waals surface area contributed by atoms with E-state index in [1.54, 1.807) is 0 Å². The highest BCUT2D eigenvalue weighted by atomic mass is 15.1. The fourth-order valence-corrected chi connectivity index (χ4v) is 4.14. The molecular weight excluding hydrogens is 444 g/mol. The second-order valence-corrected chi connectivity index (χ2v) is 9.06. The SMILES string of the molecule is CCN(Cc1ccccn1)Cc1ccc(CCc2ccc(CN(CC)Cc3ccccn3)nc2)cn1. The van der Waals surface area contributed by atoms with E-state index in [-0.39, 0.29) is 0 Å². The second kappa shape index (κ2) is 13.6. The molecule has 0 N–H and O–H groups in total. The third kappa shape index (κ3) is 8.04. The van der Waals surface area contributed by atoms with Crippen molar-refractivity contribution < 1.29 is 0 Å². The molecule has 0 radical (unpaired) electrons. The van der Waals surface area contributed by atoms with Gasteiger partial charge in [0.1, 0.15) is 0 Å². The summed E-state index contributed by atoms with van der Waals surface area (Å²) in [4.78, 5) is 23.0. The van der Waals surface area contributed by atoms with Crippen LogP contribution in [0.1, 0.15) is 47.8 Å². The minimum absolute atomic E-state index is 0.827. The number of nitrogens with zero attached hydrogens (tertiary/aromatic N) is 6. The van der Waals surface area contributed by atoms with Crippen molar-refractivity contribution in [1.29, 1.82) is 0 Å². The Balaban J connectivity index is 1.25. The maximum atomic E-state index is 4.72. The molecule has 0 fully saturated rings. The fourth-order valence-electron chi connectivity index (χ4n) is 4.14. The van der Waals surface area contributed by atoms with Crippen LogP contribution in [-0.2, 0) is 39.0 Å². The van der Waals surface area contributed by atoms with Crippen LogP contribution in [0.3, 0.4) is 0 Å². The highest BCUT2D eigenvalue weighted by Gasteiger charge is 2.09. The normalized spacial score (nSPS) is 11.3. The Labute approximate surface area is 215 Å². The zero-order chi connectivity index (χ0) is 25.0. The summed E-state index contributed by atoms with van der Waals surface area (Å²) in [5.74, 6) is 0. The molecule has 186 valence electrons. The van der Waals surface area contributed by atoms with Gasteiger partial charge in [-0.3, -0.25) is 29.7 Å². The molecule has 6 nitrogen and oxygen atoms in total. The Bertz CT molecular complexity index is 1050. The predicted octanol–water partition coefficient (Wildman–Crippen LogP) is 5.10. The minimum Gasteiger partial charge on any atom is -0.292 e. The molecule has 0 atom stereocenters. The van der Waals surface area contributed by atoms with Crippen molar-refractivity contribution >= 4 is 0 Å². The number of aromatic nitrogens is 4. The monoisotopic (exact) mass is 480 g/mol. The third-order valence-corrected chi connectivity index (χ3v) is 6.36. The molecule has 0 saturated carbocycles. The first-order valence-electron chi connectivity index (χ1n) is 12.8. The molecule has 0 bridgehead atoms. The number of hydrogen-bond donors (Lipinski definition) is 0. The Morgan fingerprint density at radius 1 is 0.500 bits per heavy atom. The van der Waals surface area contributed by atoms with Crippen LogP contribution in [0.15, 0.2) is 85.5 Å². The average molecular weight is 481 g/mol. The van der Waals surface area contributed by atoms with Crippen molar-refractivity contribution in [2.75, 3.05) is 13.1 Å². The molecule has 0 saturated heterocycles. The molecule has 0 aromatic carbocycles. The third-order valence-electron chi connectivity index (χ3n) is 6.36. The van der Waals surface area contributed by atoms with E-state index in [1.807, 2.05) is 49.1 Å². The van der Waals surface area contributed by atoms with Crippen LogP contribution in [0, 0.1) is 0 Å². The van der Waals surface area contributed by atoms with Crippen LogP contribution in [0.4, 0.5) is 0 Å². The molecule has 0 amide bonds. The summed E-state index contributed by atoms with van der Waals surface area (Å²) < 4.78 is 0. The van der Waals surface area contributed by atoms with E-state index in [0.29, 0.717) is 0 Å². The summed E-state index contributed by atoms with van der Waals surface area (Å²) in [6, 6.07) is 20.8. The summed E-state index contributed by atoms with van der Waals surface area (Å²) in [5.41, 5.74) is 6.87. The van der Waals surface area contributed by atoms with Crippen molar-refractivity contribution in [1.82, 2.24) is 29.7 Å². The van der Waals surface area contributed by atoms with E-state index in [2.05, 4.69) is 70.0 Å². The van der Waals surface area contributed by atoms with Crippen LogP contribution in [0.25, 0.3) is 0 Å². The maximum Gasteiger partial charge on any atom is 0.0544 e. The van der Waals surface area contributed by atoms with Gasteiger partial charge in [-0.2, -0.15) is 0 Å². The summed E-state index contributed by atoms with van der Waals surface area (Å²) in [5, 5.41) is 0. The van der Waals surface area contributed by atoms with Gasteiger partial charge in [0.15, 0.2) is 0 Å². The van der Waals surface area contributed by atoms with Crippen molar-refractivity contribution in [2.45, 2.75) is 52.9 Å². The Morgan fingerprint density at radius 2 is 0.917 bits per heavy atom. The van der Waals surface area contributed by atoms with Gasteiger partial charge in [-0.05, 0) is 73.5 Å². The zero-order valence-electron chi connectivity index (χ0n) is 21.4. The fraction of sp³-hybridized carbons (Fsp3) is 0.333. The van der Waals surface area contributed by atoms with Gasteiger partial charge in [0, 0.05) is 51.0 Å². The summed E-state index contributed by atoms with van der Waals surface area (Å²) in [6.45, 7) is 9.60. The summed E-state index contributed by atoms with van der Waals surface area (Å²) in [6.07, 6.45) is 9.65. The van der Waals surface area contributed by atoms with E-state index >= 15 is 0 Å². The first-order valence-corrected chi connectivity index (χ1v) is 12.8. The Hall–Kier alpha value is -3.48. The van der Waals surface area contributed by atoms with Crippen LogP contribution in [0.2, 0.25) is 0 Å². The summed E-state index contributed by atoms with van der Waals surface area (Å²) in [7, 11) is 0. The van der Waals surface area contributed by atoms with Gasteiger partial charge < -0.3 is 0 Å². The number of pyridine rings is 4. The highest BCUT2D eigenvalue weighted by molar-refractivity contribution is 5.19. The molecule has 0 aliphatic carbocycles. The summed E-state index contributed by atoms with van der Waals surface area (Å²) >= 11 is 0. The lowest BCUT2D eigenvalue weighted by Gasteiger charge is -2.19. The zero-order valence-corrected chi connectivity index (χ0v) is 21.4. The molecule has 6 heteroatoms. The average Bonchev–Trinajstić information content (AvgIpc) is 2.94. The standard InChI is InChI=1S/C30H36N6/c1-3-35(21-27-9-5-7-17-31-27)23-29-15-13-25(19-33-29)11-12-26-14-16-30(34-20-26)24-36(4-2)22-28-10-6-8-18-32-28/h5-10,13-20H,3-4,11-12,21-24H2,1-2H3. The molecule has 4 rings (SSSR count). The topological polar surface area (TPSA) is 58.0 Å². The largest absolute Gasteiger partial charge is 0.292 e. The quantitative estimate of drug-likeness (QED) is 0.265. The molecule has 0 spiro atoms. The number of aryl methyl sites for hydroxylation is 2. The first-order chi connectivity index (χ1) is 17.7. The van der Waals surface area contributed by atoms with Crippen molar-refractivity contribution in [3.05, 3.63) is 119 Å². The number of rotatable bonds is 13. The molecule has 0 aliphatic rings. The molecular formula is C30H36N6. The minimum atomic E-state index is 0.827. The van der Waals surface area contributed by atoms with Crippen LogP contribution in [-0.4, -0.2) is 42.8 Å². The van der Waals surface area contributed by atoms with Gasteiger partial charge in [0.2, 0.25) is 0 Å². The van der Waals surface area contributed by atoms with Gasteiger partial charge in [-0.25, -0.2) is 0 Å². The Kier molecular flexibility index (Phi) is 9.65. The molecule has 4 aromatic heterocycles. The maximum absolute atomic E-state index is 4.72.